The monoisotopic (exact) mass is 124 g/mol. The van der Waals surface area contributed by atoms with Gasteiger partial charge in [-0.3, -0.25) is 4.11 Å². The van der Waals surface area contributed by atoms with E-state index in [9.17, 15) is 4.11 Å². The standard InChI is InChI=1S/C2H9FOSi2/c1-6(2,3)4-5/h1-2,5H3. The summed E-state index contributed by atoms with van der Waals surface area (Å²) in [5.74, 6) is 0. The molecule has 0 saturated carbocycles. The molecule has 0 heterocycles. The fourth-order valence-electron chi connectivity index (χ4n) is 0. The van der Waals surface area contributed by atoms with Gasteiger partial charge in [0.25, 0.3) is 0 Å². The van der Waals surface area contributed by atoms with Gasteiger partial charge in [-0.05, 0) is 13.1 Å². The first-order valence-electron chi connectivity index (χ1n) is 1.80. The summed E-state index contributed by atoms with van der Waals surface area (Å²) in [6, 6.07) is 0. The Hall–Kier alpha value is 0.324. The summed E-state index contributed by atoms with van der Waals surface area (Å²) in [5.41, 5.74) is 0. The van der Waals surface area contributed by atoms with Gasteiger partial charge in [0, 0.05) is 0 Å². The van der Waals surface area contributed by atoms with E-state index in [4.69, 9.17) is 0 Å². The molecular formula is C2H9FOSi2. The Labute approximate surface area is 41.4 Å². The van der Waals surface area contributed by atoms with Gasteiger partial charge in [0.05, 0.1) is 0 Å². The number of hydrogen-bond donors (Lipinski definition) is 0. The van der Waals surface area contributed by atoms with Crippen LogP contribution in [0.2, 0.25) is 13.1 Å². The third-order valence-electron chi connectivity index (χ3n) is 0.485. The van der Waals surface area contributed by atoms with Crippen LogP contribution in [0, 0.1) is 0 Å². The van der Waals surface area contributed by atoms with Gasteiger partial charge in [-0.2, -0.15) is 0 Å². The Bertz CT molecular complexity index is 41.3. The Morgan fingerprint density at radius 1 is 1.67 bits per heavy atom. The molecule has 0 atom stereocenters. The number of rotatable bonds is 1. The van der Waals surface area contributed by atoms with E-state index in [1.165, 1.54) is 13.1 Å². The van der Waals surface area contributed by atoms with E-state index in [1.807, 2.05) is 0 Å². The Kier molecular flexibility index (Phi) is 1.96. The molecule has 1 nitrogen and oxygen atoms in total. The topological polar surface area (TPSA) is 9.23 Å². The maximum atomic E-state index is 12.1. The Morgan fingerprint density at radius 2 is 1.83 bits per heavy atom. The van der Waals surface area contributed by atoms with Crippen molar-refractivity contribution in [1.82, 2.24) is 0 Å². The molecule has 0 rings (SSSR count). The molecule has 4 heteroatoms. The van der Waals surface area contributed by atoms with Gasteiger partial charge in [-0.1, -0.05) is 0 Å². The molecule has 6 heavy (non-hydrogen) atoms. The van der Waals surface area contributed by atoms with Crippen LogP contribution in [0.25, 0.3) is 0 Å². The summed E-state index contributed by atoms with van der Waals surface area (Å²) in [4.78, 5) is 0. The third-order valence-corrected chi connectivity index (χ3v) is 4.37. The first kappa shape index (κ1) is 6.32. The smallest absolute Gasteiger partial charge is 0.367 e. The molecule has 0 aliphatic rings. The fraction of sp³-hybridized carbons (Fsp3) is 1.00. The van der Waals surface area contributed by atoms with Crippen LogP contribution in [0.5, 0.6) is 0 Å². The highest BCUT2D eigenvalue weighted by atomic mass is 28.4. The molecule has 0 saturated heterocycles. The van der Waals surface area contributed by atoms with Gasteiger partial charge < -0.3 is 4.12 Å². The van der Waals surface area contributed by atoms with Crippen molar-refractivity contribution < 1.29 is 8.22 Å². The third kappa shape index (κ3) is 4.32. The van der Waals surface area contributed by atoms with Crippen molar-refractivity contribution in [2.75, 3.05) is 0 Å². The van der Waals surface area contributed by atoms with E-state index >= 15 is 0 Å². The van der Waals surface area contributed by atoms with Crippen LogP contribution in [0.1, 0.15) is 0 Å². The molecule has 0 amide bonds. The Balaban J connectivity index is 3.17. The first-order chi connectivity index (χ1) is 2.56. The summed E-state index contributed by atoms with van der Waals surface area (Å²) in [5, 5.41) is 0. The lowest BCUT2D eigenvalue weighted by Crippen LogP contribution is -2.21. The van der Waals surface area contributed by atoms with E-state index in [1.54, 1.807) is 0 Å². The van der Waals surface area contributed by atoms with Crippen LogP contribution in [0.15, 0.2) is 0 Å². The molecule has 38 valence electrons. The minimum Gasteiger partial charge on any atom is -0.442 e. The molecule has 0 fully saturated rings. The highest BCUT2D eigenvalue weighted by molar-refractivity contribution is 6.66. The van der Waals surface area contributed by atoms with Gasteiger partial charge in [0.2, 0.25) is 0 Å². The van der Waals surface area contributed by atoms with Crippen molar-refractivity contribution in [2.45, 2.75) is 13.1 Å². The maximum absolute atomic E-state index is 12.1. The van der Waals surface area contributed by atoms with Crippen molar-refractivity contribution in [3.05, 3.63) is 0 Å². The van der Waals surface area contributed by atoms with Gasteiger partial charge in [0.15, 0.2) is 0 Å². The second kappa shape index (κ2) is 1.86. The van der Waals surface area contributed by atoms with E-state index in [-0.39, 0.29) is 0 Å². The van der Waals surface area contributed by atoms with E-state index in [2.05, 4.69) is 4.12 Å². The summed E-state index contributed by atoms with van der Waals surface area (Å²) < 4.78 is 16.6. The average molecular weight is 124 g/mol. The van der Waals surface area contributed by atoms with Crippen LogP contribution in [-0.4, -0.2) is 19.1 Å². The largest absolute Gasteiger partial charge is 0.442 e. The van der Waals surface area contributed by atoms with Gasteiger partial charge in [0.1, 0.15) is 10.5 Å². The van der Waals surface area contributed by atoms with Crippen LogP contribution in [0.4, 0.5) is 4.11 Å². The first-order valence-corrected chi connectivity index (χ1v) is 5.40. The SMILES string of the molecule is C[Si](C)(F)O[SiH3]. The van der Waals surface area contributed by atoms with Crippen molar-refractivity contribution in [1.29, 1.82) is 0 Å². The molecule has 0 aliphatic heterocycles. The highest BCUT2D eigenvalue weighted by Gasteiger charge is 2.17. The van der Waals surface area contributed by atoms with E-state index in [0.29, 0.717) is 10.5 Å². The van der Waals surface area contributed by atoms with Crippen molar-refractivity contribution >= 4 is 19.1 Å². The molecule has 0 aromatic rings. The molecule has 0 unspecified atom stereocenters. The quantitative estimate of drug-likeness (QED) is 0.352. The summed E-state index contributed by atoms with van der Waals surface area (Å²) in [6.45, 7) is 3.06. The zero-order valence-electron chi connectivity index (χ0n) is 4.29. The van der Waals surface area contributed by atoms with Crippen LogP contribution in [-0.2, 0) is 4.12 Å². The summed E-state index contributed by atoms with van der Waals surface area (Å²) in [6.07, 6.45) is 0. The van der Waals surface area contributed by atoms with Crippen LogP contribution < -0.4 is 0 Å². The molecule has 0 aromatic carbocycles. The zero-order valence-corrected chi connectivity index (χ0v) is 7.29. The molecule has 0 aliphatic carbocycles. The minimum atomic E-state index is -2.57. The van der Waals surface area contributed by atoms with Crippen molar-refractivity contribution in [3.63, 3.8) is 0 Å². The van der Waals surface area contributed by atoms with E-state index in [0.717, 1.165) is 0 Å². The summed E-state index contributed by atoms with van der Waals surface area (Å²) in [7, 11) is -2.03. The van der Waals surface area contributed by atoms with Crippen molar-refractivity contribution in [3.8, 4) is 0 Å². The molecule has 0 spiro atoms. The van der Waals surface area contributed by atoms with Crippen molar-refractivity contribution in [2.24, 2.45) is 0 Å². The average Bonchev–Trinajstić information content (AvgIpc) is 1.35. The molecule has 0 radical (unpaired) electrons. The lowest BCUT2D eigenvalue weighted by Gasteiger charge is -2.05. The van der Waals surface area contributed by atoms with Gasteiger partial charge in [-0.15, -0.1) is 0 Å². The second-order valence-corrected chi connectivity index (χ2v) is 5.93. The fourth-order valence-corrected chi connectivity index (χ4v) is 0. The lowest BCUT2D eigenvalue weighted by atomic mass is 11.9. The minimum absolute atomic E-state index is 0.535. The van der Waals surface area contributed by atoms with Gasteiger partial charge in [-0.25, -0.2) is 0 Å². The Morgan fingerprint density at radius 3 is 1.83 bits per heavy atom. The molecule has 0 N–H and O–H groups in total. The van der Waals surface area contributed by atoms with Gasteiger partial charge >= 0.3 is 8.65 Å². The van der Waals surface area contributed by atoms with E-state index < -0.39 is 8.65 Å². The number of halogens is 1. The lowest BCUT2D eigenvalue weighted by molar-refractivity contribution is 0.516. The predicted molar refractivity (Wildman–Crippen MR) is 29.6 cm³/mol. The van der Waals surface area contributed by atoms with Crippen LogP contribution in [0.3, 0.4) is 0 Å². The summed E-state index contributed by atoms with van der Waals surface area (Å²) >= 11 is 0. The second-order valence-electron chi connectivity index (χ2n) is 1.57. The maximum Gasteiger partial charge on any atom is 0.367 e. The normalized spacial score (nSPS) is 12.5. The van der Waals surface area contributed by atoms with Crippen LogP contribution >= 0.6 is 0 Å². The molecule has 0 aromatic heterocycles. The molecule has 0 bridgehead atoms. The molecular weight excluding hydrogens is 115 g/mol. The highest BCUT2D eigenvalue weighted by Crippen LogP contribution is 1.99. The zero-order chi connectivity index (χ0) is 5.21. The number of hydrogen-bond acceptors (Lipinski definition) is 1. The predicted octanol–water partition coefficient (Wildman–Crippen LogP) is -0.0453.